The van der Waals surface area contributed by atoms with E-state index in [9.17, 15) is 0 Å². The van der Waals surface area contributed by atoms with Gasteiger partial charge in [-0.25, -0.2) is 0 Å². The first-order chi connectivity index (χ1) is 39.4. The Morgan fingerprint density at radius 1 is 0.482 bits per heavy atom. The van der Waals surface area contributed by atoms with Gasteiger partial charge in [-0.3, -0.25) is 0 Å². The van der Waals surface area contributed by atoms with Crippen molar-refractivity contribution in [2.45, 2.75) is 186 Å². The molecule has 418 valence electrons. The molecule has 1 fully saturated rings. The zero-order chi connectivity index (χ0) is 57.4. The maximum Gasteiger partial charge on any atom is 0.252 e. The van der Waals surface area contributed by atoms with E-state index in [0.717, 1.165) is 54.0 Å². The van der Waals surface area contributed by atoms with Gasteiger partial charge in [-0.05, 0) is 189 Å². The SMILES string of the molecule is Cc1cc2c(cc1N1c3cc(N4c5ccc(C(C)(C)C)cc5C5(C)CCCCC45C)cc4c3B(c3cc5c(cc3N4c3cccc4sc6ccccc6c34)C(C)(C)CCC5(C)C)c3ccc4c(oc5ccccc54)c31)C(C)(C)CCC2(C)C. The fraction of sp³-hybridized carbons (Fsp3) is 0.377. The monoisotopic (exact) mass is 1110 g/mol. The molecule has 0 spiro atoms. The zero-order valence-corrected chi connectivity index (χ0v) is 52.4. The molecule has 16 rings (SSSR count). The van der Waals surface area contributed by atoms with Crippen LogP contribution in [0.4, 0.5) is 45.5 Å². The van der Waals surface area contributed by atoms with Gasteiger partial charge in [0.1, 0.15) is 5.58 Å². The van der Waals surface area contributed by atoms with Crippen LogP contribution in [0.5, 0.6) is 0 Å². The predicted octanol–water partition coefficient (Wildman–Crippen LogP) is 20.1. The number of rotatable bonds is 3. The molecule has 2 unspecified atom stereocenters. The molecule has 10 aromatic rings. The highest BCUT2D eigenvalue weighted by atomic mass is 32.1. The van der Waals surface area contributed by atoms with E-state index in [-0.39, 0.29) is 44.7 Å². The van der Waals surface area contributed by atoms with Gasteiger partial charge >= 0.3 is 0 Å². The van der Waals surface area contributed by atoms with Gasteiger partial charge in [-0.2, -0.15) is 0 Å². The van der Waals surface area contributed by atoms with Crippen molar-refractivity contribution in [3.05, 3.63) is 172 Å². The minimum atomic E-state index is -0.194. The largest absolute Gasteiger partial charge is 0.454 e. The summed E-state index contributed by atoms with van der Waals surface area (Å²) < 4.78 is 10.1. The molecule has 0 radical (unpaired) electrons. The highest BCUT2D eigenvalue weighted by Crippen LogP contribution is 2.63. The molecule has 0 amide bonds. The topological polar surface area (TPSA) is 22.9 Å². The van der Waals surface area contributed by atoms with Crippen LogP contribution in [0.25, 0.3) is 42.1 Å². The number of thiophene rings is 1. The number of para-hydroxylation sites is 1. The van der Waals surface area contributed by atoms with Gasteiger partial charge in [0.05, 0.1) is 16.9 Å². The zero-order valence-electron chi connectivity index (χ0n) is 51.6. The standard InChI is InChI=1S/C77H80BN3OS/c1-45-38-51-53(74(9,10)36-34-72(51,5)6)43-60(45)80-63-41-47(81-58-31-28-46(71(2,3)4)39-55(58)76(13)32-19-20-33-77(76,81)14)40-62-68(63)78(56-30-29-49-48-22-15-17-25-64(48)82-70(49)69(56)80)57-42-52-54(75(11,12)37-35-73(52,7)8)44-61(57)79(62)59-24-21-27-66-67(59)50-23-16-18-26-65(50)83-66/h15-18,21-31,38-44H,19-20,32-37H2,1-14H3. The molecule has 2 atom stereocenters. The lowest BCUT2D eigenvalue weighted by molar-refractivity contribution is 0.195. The Balaban J connectivity index is 1.10. The average molecular weight is 1110 g/mol. The third kappa shape index (κ3) is 6.94. The van der Waals surface area contributed by atoms with Crippen molar-refractivity contribution in [2.75, 3.05) is 14.7 Å². The lowest BCUT2D eigenvalue weighted by Gasteiger charge is -2.51. The van der Waals surface area contributed by atoms with E-state index in [1.165, 1.54) is 140 Å². The number of fused-ring (bicyclic) bond motifs is 16. The second kappa shape index (κ2) is 16.8. The Kier molecular flexibility index (Phi) is 10.5. The number of furan rings is 1. The van der Waals surface area contributed by atoms with Gasteiger partial charge in [-0.15, -0.1) is 11.3 Å². The lowest BCUT2D eigenvalue weighted by Crippen LogP contribution is -2.62. The predicted molar refractivity (Wildman–Crippen MR) is 357 cm³/mol. The highest BCUT2D eigenvalue weighted by Gasteiger charge is 2.59. The normalized spacial score (nSPS) is 22.3. The molecule has 8 aromatic carbocycles. The molecule has 83 heavy (non-hydrogen) atoms. The van der Waals surface area contributed by atoms with Crippen molar-refractivity contribution in [3.63, 3.8) is 0 Å². The van der Waals surface area contributed by atoms with Gasteiger partial charge in [0.15, 0.2) is 5.58 Å². The summed E-state index contributed by atoms with van der Waals surface area (Å²) in [5.41, 5.74) is 25.9. The van der Waals surface area contributed by atoms with Crippen molar-refractivity contribution in [1.29, 1.82) is 0 Å². The van der Waals surface area contributed by atoms with Gasteiger partial charge in [0.2, 0.25) is 0 Å². The van der Waals surface area contributed by atoms with E-state index in [1.807, 2.05) is 11.3 Å². The third-order valence-electron chi connectivity index (χ3n) is 22.8. The van der Waals surface area contributed by atoms with Crippen LogP contribution in [0.15, 0.2) is 138 Å². The lowest BCUT2D eigenvalue weighted by atomic mass is 9.33. The fourth-order valence-electron chi connectivity index (χ4n) is 17.4. The maximum atomic E-state index is 7.45. The Labute approximate surface area is 497 Å². The summed E-state index contributed by atoms with van der Waals surface area (Å²) in [6.45, 7) is 34.6. The molecule has 5 heterocycles. The van der Waals surface area contributed by atoms with Crippen LogP contribution in [0.2, 0.25) is 0 Å². The Bertz CT molecular complexity index is 4480. The number of aryl methyl sites for hydroxylation is 1. The van der Waals surface area contributed by atoms with E-state index in [0.29, 0.717) is 0 Å². The Morgan fingerprint density at radius 2 is 1.10 bits per heavy atom. The van der Waals surface area contributed by atoms with Gasteiger partial charge in [0, 0.05) is 70.5 Å². The first-order valence-corrected chi connectivity index (χ1v) is 32.1. The number of anilines is 8. The van der Waals surface area contributed by atoms with Crippen molar-refractivity contribution >= 4 is 122 Å². The molecule has 6 aliphatic rings. The summed E-state index contributed by atoms with van der Waals surface area (Å²) in [4.78, 5) is 8.39. The summed E-state index contributed by atoms with van der Waals surface area (Å²) in [6, 6.07) is 53.5. The van der Waals surface area contributed by atoms with Crippen LogP contribution < -0.4 is 31.1 Å². The second-order valence-corrected chi connectivity index (χ2v) is 31.6. The van der Waals surface area contributed by atoms with E-state index < -0.39 is 0 Å². The molecule has 0 N–H and O–H groups in total. The van der Waals surface area contributed by atoms with Crippen LogP contribution in [0, 0.1) is 6.92 Å². The first-order valence-electron chi connectivity index (χ1n) is 31.3. The minimum absolute atomic E-state index is 0.00755. The van der Waals surface area contributed by atoms with E-state index in [4.69, 9.17) is 4.42 Å². The second-order valence-electron chi connectivity index (χ2n) is 30.5. The molecule has 2 aromatic heterocycles. The Morgan fingerprint density at radius 3 is 1.81 bits per heavy atom. The minimum Gasteiger partial charge on any atom is -0.454 e. The van der Waals surface area contributed by atoms with Crippen LogP contribution in [0.3, 0.4) is 0 Å². The van der Waals surface area contributed by atoms with Gasteiger partial charge < -0.3 is 19.1 Å². The van der Waals surface area contributed by atoms with Crippen LogP contribution >= 0.6 is 11.3 Å². The van der Waals surface area contributed by atoms with Gasteiger partial charge in [-0.1, -0.05) is 175 Å². The third-order valence-corrected chi connectivity index (χ3v) is 23.9. The van der Waals surface area contributed by atoms with E-state index in [2.05, 4.69) is 245 Å². The number of hydrogen-bond donors (Lipinski definition) is 0. The Hall–Kier alpha value is -6.76. The smallest absolute Gasteiger partial charge is 0.252 e. The molecule has 3 aliphatic carbocycles. The van der Waals surface area contributed by atoms with Crippen molar-refractivity contribution in [3.8, 4) is 0 Å². The van der Waals surface area contributed by atoms with Crippen LogP contribution in [-0.4, -0.2) is 12.3 Å². The van der Waals surface area contributed by atoms with Gasteiger partial charge in [0.25, 0.3) is 6.71 Å². The molecule has 6 heteroatoms. The molecular weight excluding hydrogens is 1030 g/mol. The summed E-state index contributed by atoms with van der Waals surface area (Å²) in [6.07, 6.45) is 9.31. The van der Waals surface area contributed by atoms with Crippen LogP contribution in [-0.2, 0) is 32.5 Å². The fourth-order valence-corrected chi connectivity index (χ4v) is 18.6. The molecule has 0 bridgehead atoms. The molecular formula is C77H80BN3OS. The van der Waals surface area contributed by atoms with E-state index >= 15 is 0 Å². The number of nitrogens with zero attached hydrogens (tertiary/aromatic N) is 3. The molecule has 1 saturated carbocycles. The quantitative estimate of drug-likeness (QED) is 0.165. The van der Waals surface area contributed by atoms with Crippen molar-refractivity contribution in [2.24, 2.45) is 0 Å². The first kappa shape index (κ1) is 51.8. The van der Waals surface area contributed by atoms with Crippen LogP contribution in [0.1, 0.15) is 180 Å². The number of hydrogen-bond acceptors (Lipinski definition) is 5. The summed E-state index contributed by atoms with van der Waals surface area (Å²) >= 11 is 1.92. The van der Waals surface area contributed by atoms with Crippen molar-refractivity contribution in [1.82, 2.24) is 0 Å². The summed E-state index contributed by atoms with van der Waals surface area (Å²) in [7, 11) is 0. The molecule has 4 nitrogen and oxygen atoms in total. The highest BCUT2D eigenvalue weighted by molar-refractivity contribution is 7.26. The average Bonchev–Trinajstić information content (AvgIpc) is 1.71. The number of benzene rings is 8. The summed E-state index contributed by atoms with van der Waals surface area (Å²) in [5.74, 6) is 0. The van der Waals surface area contributed by atoms with E-state index in [1.54, 1.807) is 0 Å². The van der Waals surface area contributed by atoms with Crippen molar-refractivity contribution < 1.29 is 4.42 Å². The molecule has 3 aliphatic heterocycles. The summed E-state index contributed by atoms with van der Waals surface area (Å²) in [5, 5.41) is 4.97. The maximum absolute atomic E-state index is 7.45. The molecule has 0 saturated heterocycles.